The van der Waals surface area contributed by atoms with Gasteiger partial charge in [-0.15, -0.1) is 0 Å². The maximum atomic E-state index is 14.2. The summed E-state index contributed by atoms with van der Waals surface area (Å²) in [5, 5.41) is 2.99. The molecule has 0 heterocycles. The molecule has 0 saturated carbocycles. The third-order valence-corrected chi connectivity index (χ3v) is 8.52. The van der Waals surface area contributed by atoms with Crippen LogP contribution in [0.3, 0.4) is 0 Å². The van der Waals surface area contributed by atoms with Gasteiger partial charge in [0.25, 0.3) is 10.0 Å². The van der Waals surface area contributed by atoms with Crippen molar-refractivity contribution in [1.82, 2.24) is 10.2 Å². The predicted octanol–water partition coefficient (Wildman–Crippen LogP) is 5.23. The molecule has 0 spiro atoms. The van der Waals surface area contributed by atoms with E-state index >= 15 is 0 Å². The van der Waals surface area contributed by atoms with E-state index in [1.165, 1.54) is 24.1 Å². The molecule has 3 aromatic rings. The molecule has 0 aliphatic carbocycles. The Labute approximate surface area is 244 Å². The fraction of sp³-hybridized carbons (Fsp3) is 0.375. The first kappa shape index (κ1) is 31.7. The van der Waals surface area contributed by atoms with Crippen molar-refractivity contribution in [3.63, 3.8) is 0 Å². The van der Waals surface area contributed by atoms with E-state index in [9.17, 15) is 18.0 Å². The molecule has 0 aromatic heterocycles. The van der Waals surface area contributed by atoms with Crippen LogP contribution in [0.4, 0.5) is 5.69 Å². The van der Waals surface area contributed by atoms with Crippen LogP contribution < -0.4 is 14.4 Å². The lowest BCUT2D eigenvalue weighted by Gasteiger charge is -2.35. The number of ether oxygens (including phenoxy) is 1. The highest BCUT2D eigenvalue weighted by Crippen LogP contribution is 2.27. The number of hydrogen-bond acceptors (Lipinski definition) is 5. The molecule has 1 atom stereocenters. The van der Waals surface area contributed by atoms with Crippen LogP contribution in [0.2, 0.25) is 0 Å². The number of benzene rings is 3. The van der Waals surface area contributed by atoms with Crippen molar-refractivity contribution in [2.45, 2.75) is 71.0 Å². The third-order valence-electron chi connectivity index (χ3n) is 6.73. The molecule has 0 aliphatic rings. The second-order valence-electron chi connectivity index (χ2n) is 11.1. The second-order valence-corrected chi connectivity index (χ2v) is 13.0. The number of anilines is 1. The van der Waals surface area contributed by atoms with Crippen LogP contribution in [0.25, 0.3) is 0 Å². The van der Waals surface area contributed by atoms with E-state index in [4.69, 9.17) is 4.74 Å². The van der Waals surface area contributed by atoms with Gasteiger partial charge in [0.2, 0.25) is 11.8 Å². The number of carbonyl (C=O) groups excluding carboxylic acids is 2. The zero-order valence-electron chi connectivity index (χ0n) is 25.0. The standard InChI is InChI=1S/C32H41N3O5S/c1-8-29(31(37)33-32(4,5)6)34(21-25-12-10-9-11-24(25)3)30(36)22-35(26-15-17-27(40-7)18-16-26)41(38,39)28-19-13-23(2)14-20-28/h9-20,29H,8,21-22H2,1-7H3,(H,33,37). The molecular formula is C32H41N3O5S. The first-order valence-electron chi connectivity index (χ1n) is 13.7. The van der Waals surface area contributed by atoms with Gasteiger partial charge in [-0.25, -0.2) is 8.42 Å². The van der Waals surface area contributed by atoms with Crippen molar-refractivity contribution in [2.24, 2.45) is 0 Å². The zero-order chi connectivity index (χ0) is 30.4. The Morgan fingerprint density at radius 2 is 1.54 bits per heavy atom. The molecular weight excluding hydrogens is 538 g/mol. The Hall–Kier alpha value is -3.85. The summed E-state index contributed by atoms with van der Waals surface area (Å²) in [5.41, 5.74) is 2.56. The van der Waals surface area contributed by atoms with Crippen LogP contribution in [0, 0.1) is 13.8 Å². The monoisotopic (exact) mass is 579 g/mol. The normalized spacial score (nSPS) is 12.4. The van der Waals surface area contributed by atoms with E-state index < -0.39 is 34.1 Å². The number of methoxy groups -OCH3 is 1. The van der Waals surface area contributed by atoms with Crippen molar-refractivity contribution >= 4 is 27.5 Å². The van der Waals surface area contributed by atoms with Crippen LogP contribution in [0.1, 0.15) is 50.8 Å². The molecule has 3 aromatic carbocycles. The summed E-state index contributed by atoms with van der Waals surface area (Å²) in [6.45, 7) is 11.0. The zero-order valence-corrected chi connectivity index (χ0v) is 25.8. The second kappa shape index (κ2) is 13.2. The quantitative estimate of drug-likeness (QED) is 0.336. The van der Waals surface area contributed by atoms with Gasteiger partial charge in [0.05, 0.1) is 17.7 Å². The Balaban J connectivity index is 2.09. The average Bonchev–Trinajstić information content (AvgIpc) is 2.91. The molecule has 1 N–H and O–H groups in total. The van der Waals surface area contributed by atoms with Crippen LogP contribution >= 0.6 is 0 Å². The predicted molar refractivity (Wildman–Crippen MR) is 162 cm³/mol. The minimum absolute atomic E-state index is 0.0645. The van der Waals surface area contributed by atoms with E-state index in [1.807, 2.05) is 65.8 Å². The van der Waals surface area contributed by atoms with Gasteiger partial charge >= 0.3 is 0 Å². The fourth-order valence-electron chi connectivity index (χ4n) is 4.46. The molecule has 0 aliphatic heterocycles. The number of aryl methyl sites for hydroxylation is 2. The Bertz CT molecular complexity index is 1450. The van der Waals surface area contributed by atoms with Crippen molar-refractivity contribution in [3.05, 3.63) is 89.5 Å². The molecule has 41 heavy (non-hydrogen) atoms. The average molecular weight is 580 g/mol. The van der Waals surface area contributed by atoms with Crippen molar-refractivity contribution in [3.8, 4) is 5.75 Å². The van der Waals surface area contributed by atoms with E-state index in [2.05, 4.69) is 5.32 Å². The summed E-state index contributed by atoms with van der Waals surface area (Å²) in [4.78, 5) is 29.2. The molecule has 3 rings (SSSR count). The number of rotatable bonds is 11. The lowest BCUT2D eigenvalue weighted by Crippen LogP contribution is -2.55. The van der Waals surface area contributed by atoms with Gasteiger partial charge in [-0.1, -0.05) is 48.9 Å². The van der Waals surface area contributed by atoms with Gasteiger partial charge in [0.15, 0.2) is 0 Å². The highest BCUT2D eigenvalue weighted by molar-refractivity contribution is 7.92. The van der Waals surface area contributed by atoms with Crippen molar-refractivity contribution in [1.29, 1.82) is 0 Å². The molecule has 0 bridgehead atoms. The van der Waals surface area contributed by atoms with E-state index in [1.54, 1.807) is 36.4 Å². The maximum absolute atomic E-state index is 14.2. The van der Waals surface area contributed by atoms with Gasteiger partial charge in [-0.3, -0.25) is 13.9 Å². The van der Waals surface area contributed by atoms with E-state index in [0.29, 0.717) is 17.9 Å². The summed E-state index contributed by atoms with van der Waals surface area (Å²) < 4.78 is 34.3. The smallest absolute Gasteiger partial charge is 0.264 e. The topological polar surface area (TPSA) is 96.0 Å². The number of carbonyl (C=O) groups is 2. The Kier molecular flexibility index (Phi) is 10.2. The summed E-state index contributed by atoms with van der Waals surface area (Å²) in [6, 6.07) is 19.8. The number of nitrogens with one attached hydrogen (secondary N) is 1. The van der Waals surface area contributed by atoms with Gasteiger partial charge in [0, 0.05) is 12.1 Å². The Morgan fingerprint density at radius 1 is 0.927 bits per heavy atom. The molecule has 0 saturated heterocycles. The molecule has 1 unspecified atom stereocenters. The number of hydrogen-bond donors (Lipinski definition) is 1. The lowest BCUT2D eigenvalue weighted by atomic mass is 10.0. The number of sulfonamides is 1. The molecule has 0 fully saturated rings. The molecule has 8 nitrogen and oxygen atoms in total. The van der Waals surface area contributed by atoms with E-state index in [0.717, 1.165) is 21.0 Å². The van der Waals surface area contributed by atoms with Crippen LogP contribution in [0.15, 0.2) is 77.7 Å². The summed E-state index contributed by atoms with van der Waals surface area (Å²) >= 11 is 0. The number of amides is 2. The minimum atomic E-state index is -4.14. The Morgan fingerprint density at radius 3 is 2.07 bits per heavy atom. The van der Waals surface area contributed by atoms with Crippen molar-refractivity contribution in [2.75, 3.05) is 18.0 Å². The summed E-state index contributed by atoms with van der Waals surface area (Å²) in [5.74, 6) is -0.228. The van der Waals surface area contributed by atoms with Gasteiger partial charge in [-0.05, 0) is 88.6 Å². The largest absolute Gasteiger partial charge is 0.497 e. The number of nitrogens with zero attached hydrogens (tertiary/aromatic N) is 2. The highest BCUT2D eigenvalue weighted by Gasteiger charge is 2.34. The van der Waals surface area contributed by atoms with Crippen LogP contribution in [0.5, 0.6) is 5.75 Å². The first-order valence-corrected chi connectivity index (χ1v) is 15.1. The minimum Gasteiger partial charge on any atom is -0.497 e. The fourth-order valence-corrected chi connectivity index (χ4v) is 5.87. The molecule has 9 heteroatoms. The van der Waals surface area contributed by atoms with Crippen molar-refractivity contribution < 1.29 is 22.7 Å². The first-order chi connectivity index (χ1) is 19.3. The highest BCUT2D eigenvalue weighted by atomic mass is 32.2. The summed E-state index contributed by atoms with van der Waals surface area (Å²) in [7, 11) is -2.61. The third kappa shape index (κ3) is 8.10. The van der Waals surface area contributed by atoms with Gasteiger partial charge in [0.1, 0.15) is 18.3 Å². The maximum Gasteiger partial charge on any atom is 0.264 e. The van der Waals surface area contributed by atoms with Crippen LogP contribution in [-0.2, 0) is 26.2 Å². The van der Waals surface area contributed by atoms with E-state index in [-0.39, 0.29) is 17.3 Å². The molecule has 2 amide bonds. The van der Waals surface area contributed by atoms with Gasteiger partial charge < -0.3 is 15.0 Å². The SMILES string of the molecule is CCC(C(=O)NC(C)(C)C)N(Cc1ccccc1C)C(=O)CN(c1ccc(OC)cc1)S(=O)(=O)c1ccc(C)cc1. The van der Waals surface area contributed by atoms with Gasteiger partial charge in [-0.2, -0.15) is 0 Å². The lowest BCUT2D eigenvalue weighted by molar-refractivity contribution is -0.141. The van der Waals surface area contributed by atoms with Crippen LogP contribution in [-0.4, -0.2) is 50.4 Å². The molecule has 220 valence electrons. The summed E-state index contributed by atoms with van der Waals surface area (Å²) in [6.07, 6.45) is 0.354. The molecule has 0 radical (unpaired) electrons.